The summed E-state index contributed by atoms with van der Waals surface area (Å²) in [6.45, 7) is 7.94. The smallest absolute Gasteiger partial charge is 0.394 e. The largest absolute Gasteiger partial charge is 0.469 e. The van der Waals surface area contributed by atoms with Gasteiger partial charge in [0, 0.05) is 0 Å². The third-order valence-electron chi connectivity index (χ3n) is 7.76. The van der Waals surface area contributed by atoms with Crippen LogP contribution in [0.2, 0.25) is 0 Å². The minimum atomic E-state index is -4.33. The molecule has 1 unspecified atom stereocenters. The molecule has 0 rings (SSSR count). The van der Waals surface area contributed by atoms with Crippen molar-refractivity contribution in [3.63, 3.8) is 0 Å². The Kier molecular flexibility index (Phi) is 39.1. The van der Waals surface area contributed by atoms with Gasteiger partial charge in [0.25, 0.3) is 0 Å². The second-order valence-electron chi connectivity index (χ2n) is 12.1. The maximum atomic E-state index is 10.9. The van der Waals surface area contributed by atoms with Gasteiger partial charge in [-0.2, -0.15) is 0 Å². The van der Waals surface area contributed by atoms with Crippen LogP contribution in [0.15, 0.2) is 0 Å². The van der Waals surface area contributed by atoms with E-state index in [1.54, 1.807) is 0 Å². The van der Waals surface area contributed by atoms with Gasteiger partial charge in [0.1, 0.15) is 0 Å². The normalized spacial score (nSPS) is 12.5. The van der Waals surface area contributed by atoms with E-state index in [4.69, 9.17) is 34.2 Å². The lowest BCUT2D eigenvalue weighted by molar-refractivity contribution is -0.371. The molecular formula is C34H74NO8P. The molecule has 44 heavy (non-hydrogen) atoms. The lowest BCUT2D eigenvalue weighted by Crippen LogP contribution is -2.28. The number of rotatable bonds is 34. The molecule has 0 aromatic rings. The number of hydroxylamine groups is 2. The highest BCUT2D eigenvalue weighted by Crippen LogP contribution is 2.37. The number of phosphoric acid groups is 1. The fourth-order valence-electron chi connectivity index (χ4n) is 5.12. The summed E-state index contributed by atoms with van der Waals surface area (Å²) < 4.78 is 15.6. The Morgan fingerprint density at radius 3 is 1.25 bits per heavy atom. The van der Waals surface area contributed by atoms with Crippen molar-refractivity contribution in [2.24, 2.45) is 5.92 Å². The monoisotopic (exact) mass is 656 g/mol. The Labute approximate surface area is 272 Å². The Balaban J connectivity index is 0. The fourth-order valence-corrected chi connectivity index (χ4v) is 5.53. The van der Waals surface area contributed by atoms with Crippen molar-refractivity contribution in [3.05, 3.63) is 0 Å². The predicted octanol–water partition coefficient (Wildman–Crippen LogP) is 9.27. The van der Waals surface area contributed by atoms with Gasteiger partial charge in [-0.15, -0.1) is 0 Å². The first-order chi connectivity index (χ1) is 21.3. The van der Waals surface area contributed by atoms with Gasteiger partial charge in [0.15, 0.2) is 0 Å². The van der Waals surface area contributed by atoms with Gasteiger partial charge in [0.2, 0.25) is 0 Å². The third-order valence-corrected chi connectivity index (χ3v) is 8.24. The zero-order valence-corrected chi connectivity index (χ0v) is 30.0. The average molecular weight is 656 g/mol. The van der Waals surface area contributed by atoms with Crippen LogP contribution in [-0.2, 0) is 18.8 Å². The first kappa shape index (κ1) is 46.0. The van der Waals surface area contributed by atoms with Gasteiger partial charge in [-0.3, -0.25) is 14.2 Å². The Morgan fingerprint density at radius 1 is 0.545 bits per heavy atom. The topological polar surface area (TPSA) is 129 Å². The third kappa shape index (κ3) is 39.9. The van der Waals surface area contributed by atoms with Crippen molar-refractivity contribution in [1.29, 1.82) is 0 Å². The van der Waals surface area contributed by atoms with Crippen molar-refractivity contribution in [3.8, 4) is 0 Å². The number of aliphatic hydroxyl groups is 2. The summed E-state index contributed by atoms with van der Waals surface area (Å²) in [4.78, 5) is 28.2. The summed E-state index contributed by atoms with van der Waals surface area (Å²) in [7, 11) is -4.33. The van der Waals surface area contributed by atoms with Crippen molar-refractivity contribution in [2.45, 2.75) is 175 Å². The van der Waals surface area contributed by atoms with E-state index in [2.05, 4.69) is 20.8 Å². The molecule has 0 fully saturated rings. The van der Waals surface area contributed by atoms with Crippen LogP contribution in [0.3, 0.4) is 0 Å². The van der Waals surface area contributed by atoms with E-state index in [1.165, 1.54) is 121 Å². The first-order valence-corrected chi connectivity index (χ1v) is 19.8. The van der Waals surface area contributed by atoms with Gasteiger partial charge >= 0.3 is 7.82 Å². The first-order valence-electron chi connectivity index (χ1n) is 18.3. The molecule has 268 valence electrons. The van der Waals surface area contributed by atoms with Crippen molar-refractivity contribution in [1.82, 2.24) is 5.23 Å². The van der Waals surface area contributed by atoms with Gasteiger partial charge in [-0.25, -0.2) is 4.57 Å². The second-order valence-corrected chi connectivity index (χ2v) is 13.4. The van der Waals surface area contributed by atoms with Crippen LogP contribution in [0.1, 0.15) is 175 Å². The van der Waals surface area contributed by atoms with Gasteiger partial charge < -0.3 is 20.0 Å². The highest BCUT2D eigenvalue weighted by Gasteiger charge is 2.18. The fraction of sp³-hybridized carbons (Fsp3) is 1.00. The van der Waals surface area contributed by atoms with E-state index in [0.29, 0.717) is 12.5 Å². The van der Waals surface area contributed by atoms with E-state index < -0.39 is 7.82 Å². The minimum absolute atomic E-state index is 0.0307. The SMILES string of the molecule is CCCCCCCCCCC(CCCCCC)COP(=O)(O)O.CCCCCCCCCCCCN(OCCO)OCCO. The molecule has 1 atom stereocenters. The van der Waals surface area contributed by atoms with Gasteiger partial charge in [0.05, 0.1) is 39.6 Å². The zero-order chi connectivity index (χ0) is 33.0. The Hall–Kier alpha value is -0.0900. The molecule has 0 bridgehead atoms. The van der Waals surface area contributed by atoms with E-state index in [0.717, 1.165) is 38.5 Å². The molecular weight excluding hydrogens is 581 g/mol. The molecule has 0 amide bonds. The highest BCUT2D eigenvalue weighted by atomic mass is 31.2. The number of nitrogens with zero attached hydrogens (tertiary/aromatic N) is 1. The molecule has 0 aliphatic rings. The van der Waals surface area contributed by atoms with Crippen LogP contribution < -0.4 is 0 Å². The number of phosphoric ester groups is 1. The molecule has 0 saturated carbocycles. The van der Waals surface area contributed by atoms with Gasteiger partial charge in [-0.05, 0) is 25.2 Å². The van der Waals surface area contributed by atoms with Crippen molar-refractivity contribution >= 4 is 7.82 Å². The maximum absolute atomic E-state index is 10.9. The Bertz CT molecular complexity index is 573. The standard InChI is InChI=1S/C18H39O4P.C16H35NO4/c1-3-5-7-9-10-11-12-14-16-18(15-13-8-6-4-2)17-22-23(19,20)21;1-2-3-4-5-6-7-8-9-10-11-12-17(20-15-13-18)21-16-14-19/h18H,3-17H2,1-2H3,(H2,19,20,21);18-19H,2-16H2,1H3. The van der Waals surface area contributed by atoms with Crippen LogP contribution in [0, 0.1) is 5.92 Å². The highest BCUT2D eigenvalue weighted by molar-refractivity contribution is 7.46. The number of unbranched alkanes of at least 4 members (excludes halogenated alkanes) is 19. The number of hydrogen-bond donors (Lipinski definition) is 4. The van der Waals surface area contributed by atoms with E-state index in [-0.39, 0.29) is 33.0 Å². The van der Waals surface area contributed by atoms with E-state index >= 15 is 0 Å². The maximum Gasteiger partial charge on any atom is 0.469 e. The van der Waals surface area contributed by atoms with Crippen LogP contribution in [0.5, 0.6) is 0 Å². The molecule has 0 radical (unpaired) electrons. The summed E-state index contributed by atoms with van der Waals surface area (Å²) in [6.07, 6.45) is 30.1. The summed E-state index contributed by atoms with van der Waals surface area (Å²) in [6, 6.07) is 0. The lowest BCUT2D eigenvalue weighted by Gasteiger charge is -2.20. The summed E-state index contributed by atoms with van der Waals surface area (Å²) in [5.41, 5.74) is 0. The summed E-state index contributed by atoms with van der Waals surface area (Å²) in [5.74, 6) is 0.291. The zero-order valence-electron chi connectivity index (χ0n) is 29.1. The van der Waals surface area contributed by atoms with E-state index in [1.807, 2.05) is 0 Å². The van der Waals surface area contributed by atoms with Crippen LogP contribution in [-0.4, -0.2) is 64.8 Å². The molecule has 0 aromatic heterocycles. The molecule has 0 aromatic carbocycles. The lowest BCUT2D eigenvalue weighted by atomic mass is 9.95. The average Bonchev–Trinajstić information content (AvgIpc) is 3.00. The predicted molar refractivity (Wildman–Crippen MR) is 182 cm³/mol. The molecule has 9 nitrogen and oxygen atoms in total. The Morgan fingerprint density at radius 2 is 0.886 bits per heavy atom. The van der Waals surface area contributed by atoms with E-state index in [9.17, 15) is 4.57 Å². The molecule has 0 heterocycles. The number of hydrogen-bond acceptors (Lipinski definition) is 7. The van der Waals surface area contributed by atoms with Crippen molar-refractivity contribution < 1.29 is 38.8 Å². The molecule has 4 N–H and O–H groups in total. The molecule has 10 heteroatoms. The van der Waals surface area contributed by atoms with Crippen LogP contribution in [0.4, 0.5) is 0 Å². The number of aliphatic hydroxyl groups excluding tert-OH is 2. The molecule has 0 aliphatic heterocycles. The van der Waals surface area contributed by atoms with Crippen LogP contribution >= 0.6 is 7.82 Å². The minimum Gasteiger partial charge on any atom is -0.394 e. The molecule has 0 saturated heterocycles. The second kappa shape index (κ2) is 37.4. The quantitative estimate of drug-likeness (QED) is 0.0304. The van der Waals surface area contributed by atoms with Crippen LogP contribution in [0.25, 0.3) is 0 Å². The van der Waals surface area contributed by atoms with Crippen molar-refractivity contribution in [2.75, 3.05) is 39.6 Å². The summed E-state index contributed by atoms with van der Waals surface area (Å²) >= 11 is 0. The van der Waals surface area contributed by atoms with Gasteiger partial charge in [-0.1, -0.05) is 161 Å². The molecule has 0 spiro atoms. The molecule has 0 aliphatic carbocycles. The summed E-state index contributed by atoms with van der Waals surface area (Å²) in [5, 5.41) is 18.8.